The van der Waals surface area contributed by atoms with Gasteiger partial charge in [-0.15, -0.1) is 0 Å². The summed E-state index contributed by atoms with van der Waals surface area (Å²) in [5.74, 6) is -2.09. The SMILES string of the molecule is CC/C=C\C/C=C\C/C=C\C/C=C\C/C=C\C/C=C\C/C=C\C/C=C\C/C=C\C/C=C\C/C=C\C/C=C\CCCCC(=O)OC(COC(=O)CCCCCCCCCCCCCCC/C=C\C/C=C\C/C=C\C/C=C\C/C=C\C/C=C\C/C=C\C/C=C\C/C=C\CC)COC(OCC[N+](C)(C)C)C(=O)O. The molecule has 0 rings (SSSR count). The van der Waals surface area contributed by atoms with Crippen molar-refractivity contribution in [2.45, 2.75) is 283 Å². The molecular formula is C96H148NO8+. The van der Waals surface area contributed by atoms with Crippen molar-refractivity contribution < 1.29 is 42.9 Å². The molecule has 0 saturated carbocycles. The average molecular weight is 1440 g/mol. The number of quaternary nitrogens is 1. The Morgan fingerprint density at radius 1 is 0.286 bits per heavy atom. The number of allylic oxidation sites excluding steroid dienone is 42. The van der Waals surface area contributed by atoms with Crippen LogP contribution in [0.5, 0.6) is 0 Å². The molecule has 1 N–H and O–H groups in total. The summed E-state index contributed by atoms with van der Waals surface area (Å²) in [7, 11) is 5.95. The summed E-state index contributed by atoms with van der Waals surface area (Å²) in [6, 6.07) is 0. The number of nitrogens with zero attached hydrogens (tertiary/aromatic N) is 1. The number of hydrogen-bond acceptors (Lipinski definition) is 7. The Morgan fingerprint density at radius 3 is 0.781 bits per heavy atom. The van der Waals surface area contributed by atoms with Crippen LogP contribution in [0.1, 0.15) is 271 Å². The van der Waals surface area contributed by atoms with Crippen molar-refractivity contribution in [3.8, 4) is 0 Å². The average Bonchev–Trinajstić information content (AvgIpc) is 1.97. The van der Waals surface area contributed by atoms with Crippen molar-refractivity contribution in [2.75, 3.05) is 47.5 Å². The molecule has 2 unspecified atom stereocenters. The first kappa shape index (κ1) is 97.8. The second-order valence-corrected chi connectivity index (χ2v) is 27.3. The predicted octanol–water partition coefficient (Wildman–Crippen LogP) is 26.9. The number of esters is 2. The van der Waals surface area contributed by atoms with Crippen molar-refractivity contribution >= 4 is 17.9 Å². The molecule has 584 valence electrons. The van der Waals surface area contributed by atoms with E-state index in [1.807, 2.05) is 21.1 Å². The molecule has 0 aromatic heterocycles. The van der Waals surface area contributed by atoms with Gasteiger partial charge in [-0.25, -0.2) is 4.79 Å². The highest BCUT2D eigenvalue weighted by atomic mass is 16.7. The van der Waals surface area contributed by atoms with Crippen molar-refractivity contribution in [1.29, 1.82) is 0 Å². The first-order valence-electron chi connectivity index (χ1n) is 40.8. The molecule has 0 aliphatic heterocycles. The lowest BCUT2D eigenvalue weighted by molar-refractivity contribution is -0.870. The van der Waals surface area contributed by atoms with Gasteiger partial charge in [0.2, 0.25) is 0 Å². The van der Waals surface area contributed by atoms with Crippen molar-refractivity contribution in [3.05, 3.63) is 255 Å². The first-order valence-corrected chi connectivity index (χ1v) is 40.8. The number of carbonyl (C=O) groups excluding carboxylic acids is 2. The molecule has 0 saturated heterocycles. The number of carboxylic acids is 1. The standard InChI is InChI=1S/C96H147NO8/c1-6-8-10-12-14-16-18-20-22-24-26-28-30-32-34-36-38-40-42-44-46-47-49-50-52-54-56-58-60-62-64-66-68-70-72-74-76-78-80-82-84-86-93(98)103-90-92(91-104-96(95(100)101)102-89-88-97(3,4)5)105-94(99)87-85-83-81-79-77-75-73-71-69-67-65-63-61-59-57-55-53-51-48-45-43-41-39-37-35-33-31-29-27-25-23-21-19-17-15-13-11-9-7-2/h8-11,14-17,20-23,26-29,32-35,38-41,44-46,48-50,53-56,59,61,65,67,71,73,77,79,92,96H,6-7,12-13,18-19,24-25,30-31,36-37,42-43,47,51-52,57-58,60,62-64,66,68-70,72,74-76,78,80-91H2,1-5H3/p+1/b10-8-,11-9-,16-14-,17-15-,22-20-,23-21-,28-26-,29-27-,34-32-,35-33-,40-38-,41-39-,46-44-,48-45-,50-49-,55-53-,56-54-,61-59-,67-65-,73-71-,79-77-. The molecular weight excluding hydrogens is 1300 g/mol. The van der Waals surface area contributed by atoms with Crippen LogP contribution in [0.15, 0.2) is 255 Å². The fraction of sp³-hybridized carbons (Fsp3) is 0.531. The molecule has 2 atom stereocenters. The van der Waals surface area contributed by atoms with Gasteiger partial charge in [0.25, 0.3) is 6.29 Å². The van der Waals surface area contributed by atoms with Crippen molar-refractivity contribution in [3.63, 3.8) is 0 Å². The van der Waals surface area contributed by atoms with Gasteiger partial charge in [0.15, 0.2) is 6.10 Å². The minimum absolute atomic E-state index is 0.166. The Kier molecular flexibility index (Phi) is 76.9. The zero-order valence-corrected chi connectivity index (χ0v) is 66.8. The van der Waals surface area contributed by atoms with E-state index in [9.17, 15) is 19.5 Å². The molecule has 0 heterocycles. The number of rotatable bonds is 72. The largest absolute Gasteiger partial charge is 0.477 e. The Labute approximate surface area is 643 Å². The smallest absolute Gasteiger partial charge is 0.361 e. The van der Waals surface area contributed by atoms with E-state index >= 15 is 0 Å². The number of carboxylic acid groups (broad SMARTS) is 1. The van der Waals surface area contributed by atoms with Gasteiger partial charge in [-0.1, -0.05) is 340 Å². The van der Waals surface area contributed by atoms with Gasteiger partial charge in [0.05, 0.1) is 34.4 Å². The number of carbonyl (C=O) groups is 3. The highest BCUT2D eigenvalue weighted by Gasteiger charge is 2.25. The molecule has 0 radical (unpaired) electrons. The lowest BCUT2D eigenvalue weighted by Gasteiger charge is -2.25. The lowest BCUT2D eigenvalue weighted by atomic mass is 10.0. The van der Waals surface area contributed by atoms with Crippen molar-refractivity contribution in [1.82, 2.24) is 0 Å². The van der Waals surface area contributed by atoms with Crippen molar-refractivity contribution in [2.24, 2.45) is 0 Å². The first-order chi connectivity index (χ1) is 51.6. The van der Waals surface area contributed by atoms with E-state index in [1.165, 1.54) is 64.2 Å². The molecule has 0 aliphatic rings. The van der Waals surface area contributed by atoms with Crippen LogP contribution in [0.2, 0.25) is 0 Å². The third-order valence-electron chi connectivity index (χ3n) is 16.3. The van der Waals surface area contributed by atoms with Crippen LogP contribution in [0.25, 0.3) is 0 Å². The number of hydrogen-bond donors (Lipinski definition) is 1. The minimum atomic E-state index is -1.54. The molecule has 9 heteroatoms. The summed E-state index contributed by atoms with van der Waals surface area (Å²) >= 11 is 0. The van der Waals surface area contributed by atoms with Crippen LogP contribution in [-0.2, 0) is 33.3 Å². The predicted molar refractivity (Wildman–Crippen MR) is 455 cm³/mol. The van der Waals surface area contributed by atoms with E-state index in [2.05, 4.69) is 269 Å². The van der Waals surface area contributed by atoms with E-state index in [4.69, 9.17) is 18.9 Å². The third-order valence-corrected chi connectivity index (χ3v) is 16.3. The molecule has 0 aromatic rings. The minimum Gasteiger partial charge on any atom is -0.477 e. The van der Waals surface area contributed by atoms with Gasteiger partial charge in [-0.2, -0.15) is 0 Å². The van der Waals surface area contributed by atoms with Gasteiger partial charge >= 0.3 is 17.9 Å². The van der Waals surface area contributed by atoms with Gasteiger partial charge in [-0.3, -0.25) is 9.59 Å². The molecule has 0 amide bonds. The summed E-state index contributed by atoms with van der Waals surface area (Å²) in [4.78, 5) is 37.7. The number of ether oxygens (including phenoxy) is 4. The van der Waals surface area contributed by atoms with Crippen LogP contribution in [0.3, 0.4) is 0 Å². The zero-order chi connectivity index (χ0) is 76.0. The summed E-state index contributed by atoms with van der Waals surface area (Å²) < 4.78 is 23.0. The molecule has 0 fully saturated rings. The third kappa shape index (κ3) is 84.0. The summed E-state index contributed by atoms with van der Waals surface area (Å²) in [5.41, 5.74) is 0. The lowest BCUT2D eigenvalue weighted by Crippen LogP contribution is -2.40. The monoisotopic (exact) mass is 1440 g/mol. The number of unbranched alkanes of at least 4 members (excludes halogenated alkanes) is 15. The van der Waals surface area contributed by atoms with Crippen LogP contribution >= 0.6 is 0 Å². The highest BCUT2D eigenvalue weighted by molar-refractivity contribution is 5.71. The van der Waals surface area contributed by atoms with Crippen LogP contribution < -0.4 is 0 Å². The Morgan fingerprint density at radius 2 is 0.514 bits per heavy atom. The van der Waals surface area contributed by atoms with E-state index in [0.29, 0.717) is 17.4 Å². The quantitative estimate of drug-likeness (QED) is 0.0211. The molecule has 9 nitrogen and oxygen atoms in total. The number of likely N-dealkylation sites (N-methyl/N-ethyl adjacent to an activating group) is 1. The Hall–Kier alpha value is -7.17. The number of aliphatic carboxylic acids is 1. The van der Waals surface area contributed by atoms with Crippen LogP contribution in [0.4, 0.5) is 0 Å². The highest BCUT2D eigenvalue weighted by Crippen LogP contribution is 2.16. The van der Waals surface area contributed by atoms with Gasteiger partial charge in [-0.05, 0) is 173 Å². The fourth-order valence-corrected chi connectivity index (χ4v) is 10.2. The summed E-state index contributed by atoms with van der Waals surface area (Å²) in [6.07, 6.45) is 131. The molecule has 105 heavy (non-hydrogen) atoms. The maximum Gasteiger partial charge on any atom is 0.361 e. The van der Waals surface area contributed by atoms with E-state index in [-0.39, 0.29) is 38.6 Å². The summed E-state index contributed by atoms with van der Waals surface area (Å²) in [5, 5.41) is 9.77. The normalized spacial score (nSPS) is 14.0. The topological polar surface area (TPSA) is 108 Å². The van der Waals surface area contributed by atoms with E-state index < -0.39 is 24.3 Å². The second kappa shape index (κ2) is 82.5. The second-order valence-electron chi connectivity index (χ2n) is 27.3. The Balaban J connectivity index is 4.21. The maximum absolute atomic E-state index is 13.0. The van der Waals surface area contributed by atoms with E-state index in [0.717, 1.165) is 173 Å². The molecule has 0 bridgehead atoms. The summed E-state index contributed by atoms with van der Waals surface area (Å²) in [6.45, 7) is 4.57. The van der Waals surface area contributed by atoms with Gasteiger partial charge in [0, 0.05) is 12.8 Å². The molecule has 0 aliphatic carbocycles. The zero-order valence-electron chi connectivity index (χ0n) is 66.8. The van der Waals surface area contributed by atoms with Crippen LogP contribution in [0, 0.1) is 0 Å². The molecule has 0 aromatic carbocycles. The fourth-order valence-electron chi connectivity index (χ4n) is 10.2. The maximum atomic E-state index is 13.0. The van der Waals surface area contributed by atoms with Gasteiger partial charge in [0.1, 0.15) is 13.2 Å². The van der Waals surface area contributed by atoms with Gasteiger partial charge < -0.3 is 28.5 Å². The van der Waals surface area contributed by atoms with Crippen LogP contribution in [-0.4, -0.2) is 87.4 Å². The molecule has 0 spiro atoms. The Bertz CT molecular complexity index is 2690. The van der Waals surface area contributed by atoms with E-state index in [1.54, 1.807) is 0 Å².